The van der Waals surface area contributed by atoms with Crippen LogP contribution in [0, 0.1) is 0 Å². The van der Waals surface area contributed by atoms with Gasteiger partial charge in [0.15, 0.2) is 0 Å². The SMILES string of the molecule is COc1ccccc1NC(=O)C1=C(C)Nc2nc3ccccc3n2[C@H]1c1cccc(Br)c1. The molecule has 32 heavy (non-hydrogen) atoms. The number of hydrogen-bond donors (Lipinski definition) is 2. The minimum atomic E-state index is -0.356. The molecule has 1 aliphatic rings. The highest BCUT2D eigenvalue weighted by Gasteiger charge is 2.34. The number of methoxy groups -OCH3 is 1. The number of rotatable bonds is 4. The highest BCUT2D eigenvalue weighted by atomic mass is 79.9. The highest BCUT2D eigenvalue weighted by molar-refractivity contribution is 9.10. The second-order valence-electron chi connectivity index (χ2n) is 7.57. The minimum absolute atomic E-state index is 0.201. The summed E-state index contributed by atoms with van der Waals surface area (Å²) < 4.78 is 8.45. The molecule has 2 heterocycles. The summed E-state index contributed by atoms with van der Waals surface area (Å²) >= 11 is 3.58. The second kappa shape index (κ2) is 8.16. The molecule has 1 amide bonds. The smallest absolute Gasteiger partial charge is 0.255 e. The van der Waals surface area contributed by atoms with Gasteiger partial charge in [-0.1, -0.05) is 52.3 Å². The maximum absolute atomic E-state index is 13.7. The fraction of sp³-hybridized carbons (Fsp3) is 0.120. The van der Waals surface area contributed by atoms with Crippen molar-refractivity contribution in [2.24, 2.45) is 0 Å². The van der Waals surface area contributed by atoms with Crippen molar-refractivity contribution in [3.63, 3.8) is 0 Å². The molecule has 1 aliphatic heterocycles. The second-order valence-corrected chi connectivity index (χ2v) is 8.49. The summed E-state index contributed by atoms with van der Waals surface area (Å²) in [5, 5.41) is 6.38. The van der Waals surface area contributed by atoms with Crippen LogP contribution in [-0.2, 0) is 4.79 Å². The van der Waals surface area contributed by atoms with E-state index in [4.69, 9.17) is 9.72 Å². The van der Waals surface area contributed by atoms with Crippen molar-refractivity contribution in [2.45, 2.75) is 13.0 Å². The third kappa shape index (κ3) is 3.44. The van der Waals surface area contributed by atoms with Gasteiger partial charge in [0, 0.05) is 10.2 Å². The van der Waals surface area contributed by atoms with Gasteiger partial charge in [-0.2, -0.15) is 0 Å². The van der Waals surface area contributed by atoms with E-state index in [-0.39, 0.29) is 11.9 Å². The highest BCUT2D eigenvalue weighted by Crippen LogP contribution is 2.40. The van der Waals surface area contributed by atoms with Crippen LogP contribution in [0.4, 0.5) is 11.6 Å². The number of anilines is 2. The number of benzene rings is 3. The molecule has 5 rings (SSSR count). The third-order valence-electron chi connectivity index (χ3n) is 5.59. The summed E-state index contributed by atoms with van der Waals surface area (Å²) in [7, 11) is 1.59. The van der Waals surface area contributed by atoms with E-state index >= 15 is 0 Å². The average molecular weight is 489 g/mol. The van der Waals surface area contributed by atoms with Crippen LogP contribution in [0.25, 0.3) is 11.0 Å². The molecule has 0 radical (unpaired) electrons. The first-order valence-electron chi connectivity index (χ1n) is 10.2. The van der Waals surface area contributed by atoms with E-state index in [0.717, 1.165) is 26.8 Å². The van der Waals surface area contributed by atoms with E-state index in [2.05, 4.69) is 31.1 Å². The quantitative estimate of drug-likeness (QED) is 0.384. The summed E-state index contributed by atoms with van der Waals surface area (Å²) in [6.07, 6.45) is 0. The average Bonchev–Trinajstić information content (AvgIpc) is 3.16. The zero-order valence-electron chi connectivity index (χ0n) is 17.6. The summed E-state index contributed by atoms with van der Waals surface area (Å²) in [6.45, 7) is 1.91. The Labute approximate surface area is 194 Å². The molecule has 160 valence electrons. The fourth-order valence-corrected chi connectivity index (χ4v) is 4.60. The Morgan fingerprint density at radius 1 is 1.09 bits per heavy atom. The van der Waals surface area contributed by atoms with Crippen molar-refractivity contribution >= 4 is 44.5 Å². The van der Waals surface area contributed by atoms with Gasteiger partial charge in [0.25, 0.3) is 5.91 Å². The Bertz CT molecular complexity index is 1380. The number of carbonyl (C=O) groups is 1. The van der Waals surface area contributed by atoms with Crippen LogP contribution in [0.3, 0.4) is 0 Å². The van der Waals surface area contributed by atoms with Gasteiger partial charge in [-0.15, -0.1) is 0 Å². The fourth-order valence-electron chi connectivity index (χ4n) is 4.19. The molecule has 2 N–H and O–H groups in total. The molecule has 6 nitrogen and oxygen atoms in total. The molecule has 0 spiro atoms. The number of fused-ring (bicyclic) bond motifs is 3. The molecule has 0 saturated carbocycles. The van der Waals surface area contributed by atoms with Crippen LogP contribution in [0.15, 0.2) is 88.5 Å². The molecule has 0 aliphatic carbocycles. The Hall–Kier alpha value is -3.58. The number of ether oxygens (including phenoxy) is 1. The van der Waals surface area contributed by atoms with E-state index in [1.807, 2.05) is 79.7 Å². The number of imidazole rings is 1. The van der Waals surface area contributed by atoms with Crippen LogP contribution in [0.5, 0.6) is 5.75 Å². The standard InChI is InChI=1S/C25H21BrN4O2/c1-15-22(24(31)28-19-11-4-6-13-21(19)32-2)23(16-8-7-9-17(26)14-16)30-20-12-5-3-10-18(20)29-25(30)27-15/h3-14,23H,1-2H3,(H,27,29)(H,28,31)/t23-/m0/s1. The molecule has 4 aromatic rings. The van der Waals surface area contributed by atoms with Crippen LogP contribution in [-0.4, -0.2) is 22.6 Å². The predicted octanol–water partition coefficient (Wildman–Crippen LogP) is 5.74. The Morgan fingerprint density at radius 2 is 1.88 bits per heavy atom. The van der Waals surface area contributed by atoms with Crippen LogP contribution >= 0.6 is 15.9 Å². The molecule has 3 aromatic carbocycles. The first-order valence-corrected chi connectivity index (χ1v) is 11.0. The zero-order chi connectivity index (χ0) is 22.2. The van der Waals surface area contributed by atoms with E-state index in [0.29, 0.717) is 23.0 Å². The summed E-state index contributed by atoms with van der Waals surface area (Å²) in [5.41, 5.74) is 4.79. The van der Waals surface area contributed by atoms with Crippen molar-refractivity contribution < 1.29 is 9.53 Å². The van der Waals surface area contributed by atoms with Crippen molar-refractivity contribution in [1.29, 1.82) is 0 Å². The number of halogens is 1. The molecule has 1 aromatic heterocycles. The summed E-state index contributed by atoms with van der Waals surface area (Å²) in [4.78, 5) is 18.4. The number of carbonyl (C=O) groups excluding carboxylic acids is 1. The number of allylic oxidation sites excluding steroid dienone is 1. The Kier molecular flexibility index (Phi) is 5.19. The lowest BCUT2D eigenvalue weighted by atomic mass is 9.94. The molecule has 0 unspecified atom stereocenters. The lowest BCUT2D eigenvalue weighted by Gasteiger charge is -2.31. The predicted molar refractivity (Wildman–Crippen MR) is 130 cm³/mol. The minimum Gasteiger partial charge on any atom is -0.495 e. The van der Waals surface area contributed by atoms with Gasteiger partial charge in [-0.25, -0.2) is 4.98 Å². The molecular weight excluding hydrogens is 468 g/mol. The first kappa shape index (κ1) is 20.3. The molecule has 0 bridgehead atoms. The van der Waals surface area contributed by atoms with Gasteiger partial charge < -0.3 is 15.4 Å². The zero-order valence-corrected chi connectivity index (χ0v) is 19.2. The Balaban J connectivity index is 1.67. The van der Waals surface area contributed by atoms with Gasteiger partial charge >= 0.3 is 0 Å². The van der Waals surface area contributed by atoms with Crippen molar-refractivity contribution in [1.82, 2.24) is 9.55 Å². The van der Waals surface area contributed by atoms with E-state index in [9.17, 15) is 4.79 Å². The van der Waals surface area contributed by atoms with Crippen molar-refractivity contribution in [3.05, 3.63) is 94.1 Å². The maximum Gasteiger partial charge on any atom is 0.255 e. The molecule has 7 heteroatoms. The third-order valence-corrected chi connectivity index (χ3v) is 6.09. The molecule has 1 atom stereocenters. The van der Waals surface area contributed by atoms with E-state index in [1.54, 1.807) is 7.11 Å². The number of hydrogen-bond acceptors (Lipinski definition) is 4. The van der Waals surface area contributed by atoms with Crippen molar-refractivity contribution in [2.75, 3.05) is 17.7 Å². The number of aromatic nitrogens is 2. The molecule has 0 saturated heterocycles. The Morgan fingerprint density at radius 3 is 2.69 bits per heavy atom. The topological polar surface area (TPSA) is 68.2 Å². The summed E-state index contributed by atoms with van der Waals surface area (Å²) in [5.74, 6) is 1.12. The normalized spacial score (nSPS) is 15.3. The van der Waals surface area contributed by atoms with Gasteiger partial charge in [-0.3, -0.25) is 9.36 Å². The molecular formula is C25H21BrN4O2. The number of para-hydroxylation sites is 4. The van der Waals surface area contributed by atoms with Crippen LogP contribution in [0.1, 0.15) is 18.5 Å². The van der Waals surface area contributed by atoms with E-state index in [1.165, 1.54) is 0 Å². The van der Waals surface area contributed by atoms with E-state index < -0.39 is 0 Å². The van der Waals surface area contributed by atoms with Crippen LogP contribution in [0.2, 0.25) is 0 Å². The van der Waals surface area contributed by atoms with Gasteiger partial charge in [0.05, 0.1) is 35.4 Å². The maximum atomic E-state index is 13.7. The van der Waals surface area contributed by atoms with Crippen LogP contribution < -0.4 is 15.4 Å². The first-order chi connectivity index (χ1) is 15.6. The largest absolute Gasteiger partial charge is 0.495 e. The number of nitrogens with zero attached hydrogens (tertiary/aromatic N) is 2. The number of amides is 1. The van der Waals surface area contributed by atoms with Gasteiger partial charge in [-0.05, 0) is 48.9 Å². The summed E-state index contributed by atoms with van der Waals surface area (Å²) in [6, 6.07) is 23.0. The van der Waals surface area contributed by atoms with Gasteiger partial charge in [0.1, 0.15) is 5.75 Å². The molecule has 0 fully saturated rings. The van der Waals surface area contributed by atoms with Crippen molar-refractivity contribution in [3.8, 4) is 5.75 Å². The van der Waals surface area contributed by atoms with Gasteiger partial charge in [0.2, 0.25) is 5.95 Å². The monoisotopic (exact) mass is 488 g/mol. The lowest BCUT2D eigenvalue weighted by Crippen LogP contribution is -2.31. The lowest BCUT2D eigenvalue weighted by molar-refractivity contribution is -0.113. The number of nitrogens with one attached hydrogen (secondary N) is 2.